The second-order valence-electron chi connectivity index (χ2n) is 9.06. The minimum absolute atomic E-state index is 0.00631. The maximum Gasteiger partial charge on any atom is 0.353 e. The number of hydrogen-bond acceptors (Lipinski definition) is 7. The standard InChI is InChI=1S/C27H26N4O5S2/c1-2-3-12-38(35,36)30-20-9-11-24-21(14-20)25(19-7-4-17(16-32)5-8-19)26(27(33)34)31(24)15-18-6-10-22-23(13-18)29-37-28-22/h4-11,13-14,30,32H,2-3,12,15-16H2,1H3,(H,33,34). The summed E-state index contributed by atoms with van der Waals surface area (Å²) in [4.78, 5) is 12.7. The number of carbonyl (C=O) groups is 1. The maximum absolute atomic E-state index is 12.7. The third kappa shape index (κ3) is 5.13. The zero-order valence-corrected chi connectivity index (χ0v) is 22.2. The number of fused-ring (bicyclic) bond motifs is 2. The zero-order valence-electron chi connectivity index (χ0n) is 20.6. The predicted octanol–water partition coefficient (Wildman–Crippen LogP) is 5.09. The van der Waals surface area contributed by atoms with Crippen molar-refractivity contribution in [2.24, 2.45) is 0 Å². The highest BCUT2D eigenvalue weighted by atomic mass is 32.2. The molecule has 0 aliphatic rings. The summed E-state index contributed by atoms with van der Waals surface area (Å²) in [6, 6.07) is 17.7. The van der Waals surface area contributed by atoms with E-state index in [1.807, 2.05) is 25.1 Å². The fourth-order valence-corrected chi connectivity index (χ4v) is 6.32. The number of anilines is 1. The first kappa shape index (κ1) is 25.8. The molecule has 0 saturated heterocycles. The topological polar surface area (TPSA) is 134 Å². The van der Waals surface area contributed by atoms with Crippen molar-refractivity contribution in [3.8, 4) is 11.1 Å². The Balaban J connectivity index is 1.69. The predicted molar refractivity (Wildman–Crippen MR) is 149 cm³/mol. The van der Waals surface area contributed by atoms with Crippen LogP contribution in [0.3, 0.4) is 0 Å². The normalized spacial score (nSPS) is 11.8. The second-order valence-corrected chi connectivity index (χ2v) is 11.4. The number of sulfonamides is 1. The molecular weight excluding hydrogens is 524 g/mol. The van der Waals surface area contributed by atoms with Gasteiger partial charge in [0.15, 0.2) is 0 Å². The number of nitrogens with zero attached hydrogens (tertiary/aromatic N) is 3. The van der Waals surface area contributed by atoms with Crippen molar-refractivity contribution in [3.63, 3.8) is 0 Å². The highest BCUT2D eigenvalue weighted by molar-refractivity contribution is 7.92. The lowest BCUT2D eigenvalue weighted by Gasteiger charge is -2.10. The number of nitrogens with one attached hydrogen (secondary N) is 1. The van der Waals surface area contributed by atoms with Gasteiger partial charge in [-0.3, -0.25) is 4.72 Å². The summed E-state index contributed by atoms with van der Waals surface area (Å²) in [5, 5.41) is 20.5. The summed E-state index contributed by atoms with van der Waals surface area (Å²) < 4.78 is 38.1. The van der Waals surface area contributed by atoms with E-state index in [-0.39, 0.29) is 24.6 Å². The zero-order chi connectivity index (χ0) is 26.9. The number of hydrogen-bond donors (Lipinski definition) is 3. The van der Waals surface area contributed by atoms with E-state index in [0.29, 0.717) is 39.7 Å². The van der Waals surface area contributed by atoms with E-state index in [0.717, 1.165) is 34.7 Å². The third-order valence-corrected chi connectivity index (χ3v) is 8.32. The molecule has 0 bridgehead atoms. The molecule has 0 atom stereocenters. The van der Waals surface area contributed by atoms with Gasteiger partial charge in [0.25, 0.3) is 0 Å². The van der Waals surface area contributed by atoms with Gasteiger partial charge in [-0.1, -0.05) is 43.7 Å². The molecule has 0 unspecified atom stereocenters. The molecule has 38 heavy (non-hydrogen) atoms. The molecule has 0 fully saturated rings. The van der Waals surface area contributed by atoms with E-state index < -0.39 is 16.0 Å². The Morgan fingerprint density at radius 3 is 2.45 bits per heavy atom. The van der Waals surface area contributed by atoms with Crippen LogP contribution < -0.4 is 4.72 Å². The van der Waals surface area contributed by atoms with Gasteiger partial charge < -0.3 is 14.8 Å². The van der Waals surface area contributed by atoms with Gasteiger partial charge in [0, 0.05) is 28.7 Å². The molecule has 5 rings (SSSR count). The molecule has 3 aromatic carbocycles. The molecule has 2 aromatic heterocycles. The van der Waals surface area contributed by atoms with Crippen LogP contribution in [-0.4, -0.2) is 43.7 Å². The van der Waals surface area contributed by atoms with Gasteiger partial charge in [0.2, 0.25) is 10.0 Å². The average Bonchev–Trinajstić information content (AvgIpc) is 3.49. The molecule has 5 aromatic rings. The lowest BCUT2D eigenvalue weighted by Crippen LogP contribution is -2.16. The Bertz CT molecular complexity index is 1740. The van der Waals surface area contributed by atoms with Crippen LogP contribution in [-0.2, 0) is 23.2 Å². The summed E-state index contributed by atoms with van der Waals surface area (Å²) >= 11 is 1.12. The van der Waals surface area contributed by atoms with E-state index in [1.165, 1.54) is 0 Å². The number of aromatic nitrogens is 3. The van der Waals surface area contributed by atoms with Crippen LogP contribution in [0.15, 0.2) is 60.7 Å². The Morgan fingerprint density at radius 2 is 1.74 bits per heavy atom. The quantitative estimate of drug-likeness (QED) is 0.220. The molecule has 2 heterocycles. The summed E-state index contributed by atoms with van der Waals surface area (Å²) in [5.74, 6) is -1.10. The molecular formula is C27H26N4O5S2. The highest BCUT2D eigenvalue weighted by Crippen LogP contribution is 2.37. The van der Waals surface area contributed by atoms with Crippen LogP contribution in [0.2, 0.25) is 0 Å². The monoisotopic (exact) mass is 550 g/mol. The summed E-state index contributed by atoms with van der Waals surface area (Å²) in [6.07, 6.45) is 1.29. The van der Waals surface area contributed by atoms with Crippen LogP contribution in [0, 0.1) is 0 Å². The largest absolute Gasteiger partial charge is 0.477 e. The molecule has 0 amide bonds. The second kappa shape index (κ2) is 10.5. The number of rotatable bonds is 10. The maximum atomic E-state index is 12.7. The Labute approximate surface area is 223 Å². The van der Waals surface area contributed by atoms with Gasteiger partial charge in [-0.25, -0.2) is 13.2 Å². The highest BCUT2D eigenvalue weighted by Gasteiger charge is 2.25. The summed E-state index contributed by atoms with van der Waals surface area (Å²) in [6.45, 7) is 2.06. The van der Waals surface area contributed by atoms with Crippen molar-refractivity contribution < 1.29 is 23.4 Å². The first-order valence-corrected chi connectivity index (χ1v) is 14.5. The van der Waals surface area contributed by atoms with Crippen LogP contribution in [0.5, 0.6) is 0 Å². The van der Waals surface area contributed by atoms with Crippen LogP contribution in [0.1, 0.15) is 41.4 Å². The van der Waals surface area contributed by atoms with Crippen LogP contribution >= 0.6 is 11.7 Å². The summed E-state index contributed by atoms with van der Waals surface area (Å²) in [5.41, 5.74) is 5.29. The van der Waals surface area contributed by atoms with Gasteiger partial charge in [0.05, 0.1) is 24.1 Å². The first-order valence-electron chi connectivity index (χ1n) is 12.1. The van der Waals surface area contributed by atoms with Crippen LogP contribution in [0.4, 0.5) is 5.69 Å². The number of aliphatic hydroxyl groups excluding tert-OH is 1. The van der Waals surface area contributed by atoms with E-state index >= 15 is 0 Å². The smallest absolute Gasteiger partial charge is 0.353 e. The van der Waals surface area contributed by atoms with Crippen molar-refractivity contribution in [3.05, 3.63) is 77.5 Å². The molecule has 0 saturated carbocycles. The Hall–Kier alpha value is -3.80. The molecule has 0 aliphatic heterocycles. The average molecular weight is 551 g/mol. The number of carboxylic acids is 1. The summed E-state index contributed by atoms with van der Waals surface area (Å²) in [7, 11) is -3.55. The molecule has 0 spiro atoms. The number of carboxylic acid groups (broad SMARTS) is 1. The van der Waals surface area contributed by atoms with Crippen molar-refractivity contribution in [1.29, 1.82) is 0 Å². The number of aliphatic hydroxyl groups is 1. The Kier molecular flexibility index (Phi) is 7.15. The lowest BCUT2D eigenvalue weighted by molar-refractivity contribution is 0.0687. The van der Waals surface area contributed by atoms with E-state index in [1.54, 1.807) is 47.0 Å². The lowest BCUT2D eigenvalue weighted by atomic mass is 10.00. The number of unbranched alkanes of at least 4 members (excludes halogenated alkanes) is 1. The minimum atomic E-state index is -3.55. The molecule has 0 radical (unpaired) electrons. The van der Waals surface area contributed by atoms with Crippen molar-refractivity contribution >= 4 is 55.3 Å². The van der Waals surface area contributed by atoms with Gasteiger partial charge in [-0.2, -0.15) is 8.75 Å². The van der Waals surface area contributed by atoms with Gasteiger partial charge >= 0.3 is 5.97 Å². The molecule has 196 valence electrons. The third-order valence-electron chi connectivity index (χ3n) is 6.39. The fourth-order valence-electron chi connectivity index (χ4n) is 4.55. The van der Waals surface area contributed by atoms with Gasteiger partial charge in [0.1, 0.15) is 16.7 Å². The Morgan fingerprint density at radius 1 is 1.00 bits per heavy atom. The van der Waals surface area contributed by atoms with E-state index in [2.05, 4.69) is 13.5 Å². The molecule has 9 nitrogen and oxygen atoms in total. The first-order chi connectivity index (χ1) is 18.3. The molecule has 11 heteroatoms. The van der Waals surface area contributed by atoms with Crippen molar-refractivity contribution in [2.75, 3.05) is 10.5 Å². The van der Waals surface area contributed by atoms with E-state index in [9.17, 15) is 23.4 Å². The molecule has 0 aliphatic carbocycles. The molecule has 3 N–H and O–H groups in total. The van der Waals surface area contributed by atoms with Crippen molar-refractivity contribution in [1.82, 2.24) is 13.3 Å². The SMILES string of the molecule is CCCCS(=O)(=O)Nc1ccc2c(c1)c(-c1ccc(CO)cc1)c(C(=O)O)n2Cc1ccc2nsnc2c1. The van der Waals surface area contributed by atoms with Gasteiger partial charge in [-0.05, 0) is 53.4 Å². The number of aromatic carboxylic acids is 1. The fraction of sp³-hybridized carbons (Fsp3) is 0.222. The minimum Gasteiger partial charge on any atom is -0.477 e. The number of benzene rings is 3. The van der Waals surface area contributed by atoms with Crippen molar-refractivity contribution in [2.45, 2.75) is 32.9 Å². The van der Waals surface area contributed by atoms with Crippen LogP contribution in [0.25, 0.3) is 33.1 Å². The van der Waals surface area contributed by atoms with E-state index in [4.69, 9.17) is 0 Å². The van der Waals surface area contributed by atoms with Gasteiger partial charge in [-0.15, -0.1) is 0 Å².